The molecule has 2 N–H and O–H groups in total. The summed E-state index contributed by atoms with van der Waals surface area (Å²) in [5.41, 5.74) is 1.03. The van der Waals surface area contributed by atoms with Gasteiger partial charge in [-0.05, 0) is 37.1 Å². The average molecular weight is 317 g/mol. The number of benzene rings is 1. The molecule has 21 heavy (non-hydrogen) atoms. The largest absolute Gasteiger partial charge is 0.353 e. The molecule has 0 saturated carbocycles. The number of rotatable bonds is 7. The summed E-state index contributed by atoms with van der Waals surface area (Å²) in [6, 6.07) is 6.52. The van der Waals surface area contributed by atoms with Crippen molar-refractivity contribution in [3.8, 4) is 0 Å². The van der Waals surface area contributed by atoms with Crippen LogP contribution in [-0.4, -0.2) is 25.5 Å². The maximum Gasteiger partial charge on any atom is 0.224 e. The van der Waals surface area contributed by atoms with Gasteiger partial charge in [0.25, 0.3) is 0 Å². The normalized spacial score (nSPS) is 13.4. The van der Waals surface area contributed by atoms with E-state index in [0.717, 1.165) is 12.0 Å². The van der Waals surface area contributed by atoms with Gasteiger partial charge in [0.1, 0.15) is 5.82 Å². The van der Waals surface area contributed by atoms with Crippen molar-refractivity contribution >= 4 is 18.3 Å². The number of nitrogens with one attached hydrogen (secondary N) is 2. The van der Waals surface area contributed by atoms with Crippen LogP contribution in [0.5, 0.6) is 0 Å². The topological polar surface area (TPSA) is 41.1 Å². The zero-order chi connectivity index (χ0) is 15.1. The fraction of sp³-hybridized carbons (Fsp3) is 0.562. The van der Waals surface area contributed by atoms with E-state index in [4.69, 9.17) is 0 Å². The lowest BCUT2D eigenvalue weighted by Gasteiger charge is -2.24. The maximum atomic E-state index is 12.9. The molecule has 0 saturated heterocycles. The number of carbonyl (C=O) groups is 1. The highest BCUT2D eigenvalue weighted by molar-refractivity contribution is 5.85. The van der Waals surface area contributed by atoms with Gasteiger partial charge in [0, 0.05) is 18.5 Å². The van der Waals surface area contributed by atoms with Gasteiger partial charge in [-0.1, -0.05) is 32.9 Å². The zero-order valence-corrected chi connectivity index (χ0v) is 14.0. The summed E-state index contributed by atoms with van der Waals surface area (Å²) in [7, 11) is 1.84. The molecule has 1 aromatic carbocycles. The van der Waals surface area contributed by atoms with Crippen LogP contribution < -0.4 is 10.6 Å². The third-order valence-corrected chi connectivity index (χ3v) is 3.46. The predicted molar refractivity (Wildman–Crippen MR) is 87.2 cm³/mol. The van der Waals surface area contributed by atoms with Crippen molar-refractivity contribution in [2.45, 2.75) is 33.2 Å². The summed E-state index contributed by atoms with van der Waals surface area (Å²) in [6.45, 7) is 6.72. The summed E-state index contributed by atoms with van der Waals surface area (Å²) in [4.78, 5) is 12.1. The van der Waals surface area contributed by atoms with E-state index in [2.05, 4.69) is 24.5 Å². The fourth-order valence-electron chi connectivity index (χ4n) is 2.05. The van der Waals surface area contributed by atoms with E-state index in [-0.39, 0.29) is 36.1 Å². The molecular formula is C16H26ClFN2O. The maximum absolute atomic E-state index is 12.9. The first-order valence-electron chi connectivity index (χ1n) is 7.13. The minimum Gasteiger partial charge on any atom is -0.353 e. The highest BCUT2D eigenvalue weighted by Gasteiger charge is 2.20. The molecule has 0 aliphatic carbocycles. The lowest BCUT2D eigenvalue weighted by atomic mass is 9.95. The van der Waals surface area contributed by atoms with E-state index in [1.54, 1.807) is 12.1 Å². The Kier molecular flexibility index (Phi) is 9.22. The van der Waals surface area contributed by atoms with Crippen molar-refractivity contribution in [3.05, 3.63) is 35.6 Å². The van der Waals surface area contributed by atoms with Crippen LogP contribution in [0.3, 0.4) is 0 Å². The number of carbonyl (C=O) groups excluding carboxylic acids is 1. The van der Waals surface area contributed by atoms with E-state index in [1.165, 1.54) is 12.1 Å². The Bertz CT molecular complexity index is 423. The third kappa shape index (κ3) is 6.91. The molecule has 2 unspecified atom stereocenters. The zero-order valence-electron chi connectivity index (χ0n) is 13.2. The second kappa shape index (κ2) is 9.74. The van der Waals surface area contributed by atoms with Crippen molar-refractivity contribution in [2.75, 3.05) is 13.6 Å². The molecule has 5 heteroatoms. The number of hydrogen-bond acceptors (Lipinski definition) is 2. The van der Waals surface area contributed by atoms with Gasteiger partial charge in [0.2, 0.25) is 5.91 Å². The quantitative estimate of drug-likeness (QED) is 0.812. The standard InChI is InChI=1S/C16H25FN2O.ClH/c1-11(2)15(19-16(20)12(3)10-18-4)9-13-5-7-14(17)8-6-13;/h5-8,11-12,15,18H,9-10H2,1-4H3,(H,19,20);1H. The van der Waals surface area contributed by atoms with Crippen molar-refractivity contribution < 1.29 is 9.18 Å². The Labute approximate surface area is 133 Å². The number of halogens is 2. The summed E-state index contributed by atoms with van der Waals surface area (Å²) in [6.07, 6.45) is 0.718. The molecule has 0 aromatic heterocycles. The predicted octanol–water partition coefficient (Wildman–Crippen LogP) is 2.79. The van der Waals surface area contributed by atoms with E-state index in [1.807, 2.05) is 14.0 Å². The Balaban J connectivity index is 0.00000400. The van der Waals surface area contributed by atoms with Gasteiger partial charge < -0.3 is 10.6 Å². The first-order valence-corrected chi connectivity index (χ1v) is 7.13. The molecule has 0 aliphatic heterocycles. The lowest BCUT2D eigenvalue weighted by molar-refractivity contribution is -0.125. The van der Waals surface area contributed by atoms with Crippen LogP contribution in [0, 0.1) is 17.7 Å². The summed E-state index contributed by atoms with van der Waals surface area (Å²) < 4.78 is 12.9. The van der Waals surface area contributed by atoms with Crippen LogP contribution in [0.2, 0.25) is 0 Å². The molecule has 0 aliphatic rings. The fourth-order valence-corrected chi connectivity index (χ4v) is 2.05. The van der Waals surface area contributed by atoms with E-state index < -0.39 is 0 Å². The molecule has 0 heterocycles. The Morgan fingerprint density at radius 2 is 1.76 bits per heavy atom. The SMILES string of the molecule is CNCC(C)C(=O)NC(Cc1ccc(F)cc1)C(C)C.Cl. The molecule has 1 amide bonds. The minimum atomic E-state index is -0.235. The molecule has 0 spiro atoms. The van der Waals surface area contributed by atoms with Crippen molar-refractivity contribution in [1.29, 1.82) is 0 Å². The van der Waals surface area contributed by atoms with Crippen molar-refractivity contribution in [1.82, 2.24) is 10.6 Å². The van der Waals surface area contributed by atoms with Crippen molar-refractivity contribution in [2.24, 2.45) is 11.8 Å². The average Bonchev–Trinajstić information content (AvgIpc) is 2.40. The summed E-state index contributed by atoms with van der Waals surface area (Å²) >= 11 is 0. The Hall–Kier alpha value is -1.13. The second-order valence-corrected chi connectivity index (χ2v) is 5.65. The highest BCUT2D eigenvalue weighted by Crippen LogP contribution is 2.12. The Morgan fingerprint density at radius 1 is 1.19 bits per heavy atom. The van der Waals surface area contributed by atoms with E-state index in [9.17, 15) is 9.18 Å². The first-order chi connectivity index (χ1) is 9.43. The van der Waals surface area contributed by atoms with Gasteiger partial charge in [-0.2, -0.15) is 0 Å². The first kappa shape index (κ1) is 19.9. The number of amides is 1. The molecule has 2 atom stereocenters. The molecular weight excluding hydrogens is 291 g/mol. The summed E-state index contributed by atoms with van der Waals surface area (Å²) in [5.74, 6) is 0.0851. The number of hydrogen-bond donors (Lipinski definition) is 2. The monoisotopic (exact) mass is 316 g/mol. The van der Waals surface area contributed by atoms with E-state index in [0.29, 0.717) is 12.5 Å². The molecule has 1 rings (SSSR count). The van der Waals surface area contributed by atoms with E-state index >= 15 is 0 Å². The van der Waals surface area contributed by atoms with Gasteiger partial charge in [-0.15, -0.1) is 12.4 Å². The van der Waals surface area contributed by atoms with Gasteiger partial charge in [0.15, 0.2) is 0 Å². The van der Waals surface area contributed by atoms with Gasteiger partial charge in [-0.25, -0.2) is 4.39 Å². The van der Waals surface area contributed by atoms with Gasteiger partial charge >= 0.3 is 0 Å². The lowest BCUT2D eigenvalue weighted by Crippen LogP contribution is -2.44. The highest BCUT2D eigenvalue weighted by atomic mass is 35.5. The molecule has 0 radical (unpaired) electrons. The van der Waals surface area contributed by atoms with Crippen LogP contribution in [-0.2, 0) is 11.2 Å². The third-order valence-electron chi connectivity index (χ3n) is 3.46. The summed E-state index contributed by atoms with van der Waals surface area (Å²) in [5, 5.41) is 6.10. The van der Waals surface area contributed by atoms with Crippen LogP contribution in [0.4, 0.5) is 4.39 Å². The molecule has 0 bridgehead atoms. The van der Waals surface area contributed by atoms with Gasteiger partial charge in [-0.3, -0.25) is 4.79 Å². The smallest absolute Gasteiger partial charge is 0.224 e. The van der Waals surface area contributed by atoms with Crippen LogP contribution >= 0.6 is 12.4 Å². The molecule has 3 nitrogen and oxygen atoms in total. The van der Waals surface area contributed by atoms with Crippen LogP contribution in [0.25, 0.3) is 0 Å². The minimum absolute atomic E-state index is 0. The molecule has 120 valence electrons. The van der Waals surface area contributed by atoms with Crippen molar-refractivity contribution in [3.63, 3.8) is 0 Å². The molecule has 1 aromatic rings. The van der Waals surface area contributed by atoms with Crippen LogP contribution in [0.15, 0.2) is 24.3 Å². The van der Waals surface area contributed by atoms with Crippen LogP contribution in [0.1, 0.15) is 26.3 Å². The Morgan fingerprint density at radius 3 is 2.24 bits per heavy atom. The molecule has 0 fully saturated rings. The second-order valence-electron chi connectivity index (χ2n) is 5.65. The van der Waals surface area contributed by atoms with Gasteiger partial charge in [0.05, 0.1) is 0 Å².